The number of aryl methyl sites for hydroxylation is 1. The number of benzene rings is 1. The van der Waals surface area contributed by atoms with Gasteiger partial charge in [-0.15, -0.1) is 11.3 Å². The van der Waals surface area contributed by atoms with Crippen molar-refractivity contribution in [3.8, 4) is 11.3 Å². The van der Waals surface area contributed by atoms with Crippen molar-refractivity contribution >= 4 is 40.2 Å². The van der Waals surface area contributed by atoms with Crippen LogP contribution in [0.5, 0.6) is 0 Å². The van der Waals surface area contributed by atoms with E-state index in [1.807, 2.05) is 40.4 Å². The Bertz CT molecular complexity index is 1090. The molecule has 0 bridgehead atoms. The van der Waals surface area contributed by atoms with Crippen LogP contribution in [0.15, 0.2) is 63.1 Å². The van der Waals surface area contributed by atoms with Crippen LogP contribution in [0.1, 0.15) is 26.6 Å². The molecule has 0 aliphatic carbocycles. The third kappa shape index (κ3) is 3.74. The third-order valence-electron chi connectivity index (χ3n) is 4.65. The minimum absolute atomic E-state index is 0.00959. The zero-order valence-corrected chi connectivity index (χ0v) is 17.8. The van der Waals surface area contributed by atoms with Gasteiger partial charge in [0.05, 0.1) is 11.6 Å². The molecule has 5 nitrogen and oxygen atoms in total. The van der Waals surface area contributed by atoms with Gasteiger partial charge in [-0.25, -0.2) is 0 Å². The molecule has 4 aromatic rings. The number of nitrogens with zero attached hydrogens (tertiary/aromatic N) is 1. The van der Waals surface area contributed by atoms with Gasteiger partial charge in [0.1, 0.15) is 22.6 Å². The molecule has 3 aromatic heterocycles. The van der Waals surface area contributed by atoms with Gasteiger partial charge >= 0.3 is 0 Å². The molecule has 1 aromatic carbocycles. The Hall–Kier alpha value is -2.45. The van der Waals surface area contributed by atoms with Crippen LogP contribution >= 0.6 is 34.3 Å². The summed E-state index contributed by atoms with van der Waals surface area (Å²) in [4.78, 5) is 13.8. The maximum absolute atomic E-state index is 13.1. The molecule has 148 valence electrons. The molecule has 1 amide bonds. The van der Waals surface area contributed by atoms with Crippen molar-refractivity contribution in [2.75, 3.05) is 6.54 Å². The van der Waals surface area contributed by atoms with E-state index >= 15 is 0 Å². The number of nitrogens with one attached hydrogen (secondary N) is 1. The predicted molar refractivity (Wildman–Crippen MR) is 116 cm³/mol. The second-order valence-corrected chi connectivity index (χ2v) is 8.61. The highest BCUT2D eigenvalue weighted by Gasteiger charge is 2.34. The Kier molecular flexibility index (Phi) is 5.56. The van der Waals surface area contributed by atoms with Crippen molar-refractivity contribution in [3.05, 3.63) is 85.4 Å². The van der Waals surface area contributed by atoms with Crippen LogP contribution in [0.4, 0.5) is 0 Å². The number of aromatic nitrogens is 1. The average Bonchev–Trinajstić information content (AvgIpc) is 3.47. The topological polar surface area (TPSA) is 75.4 Å². The molecule has 0 spiro atoms. The van der Waals surface area contributed by atoms with Gasteiger partial charge in [-0.3, -0.25) is 4.79 Å². The second-order valence-electron chi connectivity index (χ2n) is 6.47. The molecule has 0 saturated carbocycles. The van der Waals surface area contributed by atoms with Crippen LogP contribution < -0.4 is 5.32 Å². The largest absolute Gasteiger partial charge is 0.378 e. The van der Waals surface area contributed by atoms with Crippen LogP contribution in [0, 0.1) is 6.92 Å². The maximum atomic E-state index is 13.1. The number of carbonyl (C=O) groups is 1. The highest BCUT2D eigenvalue weighted by atomic mass is 35.5. The molecule has 0 aliphatic heterocycles. The molecule has 0 saturated heterocycles. The highest BCUT2D eigenvalue weighted by molar-refractivity contribution is 7.10. The van der Waals surface area contributed by atoms with E-state index in [1.54, 1.807) is 25.1 Å². The summed E-state index contributed by atoms with van der Waals surface area (Å²) in [6, 6.07) is 12.7. The molecule has 8 heteroatoms. The summed E-state index contributed by atoms with van der Waals surface area (Å²) < 4.78 is 5.27. The monoisotopic (exact) mass is 444 g/mol. The van der Waals surface area contributed by atoms with E-state index in [2.05, 4.69) is 10.5 Å². The Balaban J connectivity index is 1.64. The lowest BCUT2D eigenvalue weighted by Gasteiger charge is -2.27. The summed E-state index contributed by atoms with van der Waals surface area (Å²) in [5, 5.41) is 24.5. The van der Waals surface area contributed by atoms with Gasteiger partial charge in [0.15, 0.2) is 0 Å². The predicted octanol–water partition coefficient (Wildman–Crippen LogP) is 5.09. The number of hydrogen-bond donors (Lipinski definition) is 2. The fourth-order valence-electron chi connectivity index (χ4n) is 3.12. The van der Waals surface area contributed by atoms with Gasteiger partial charge in [0, 0.05) is 16.0 Å². The fourth-order valence-corrected chi connectivity index (χ4v) is 4.91. The molecular formula is C21H17ClN2O3S2. The van der Waals surface area contributed by atoms with Crippen LogP contribution in [0.3, 0.4) is 0 Å². The van der Waals surface area contributed by atoms with Crippen LogP contribution in [-0.4, -0.2) is 22.7 Å². The third-order valence-corrected chi connectivity index (χ3v) is 6.68. The van der Waals surface area contributed by atoms with Gasteiger partial charge in [-0.2, -0.15) is 11.3 Å². The fraction of sp³-hybridized carbons (Fsp3) is 0.143. The number of aliphatic hydroxyl groups is 1. The smallest absolute Gasteiger partial charge is 0.257 e. The molecule has 0 fully saturated rings. The average molecular weight is 445 g/mol. The first-order valence-corrected chi connectivity index (χ1v) is 11.0. The van der Waals surface area contributed by atoms with E-state index in [0.717, 1.165) is 10.4 Å². The SMILES string of the molecule is Cc1onc(-c2ccccc2Cl)c1C(=O)NCC(O)(c1ccsc1)c1cccs1. The number of amides is 1. The summed E-state index contributed by atoms with van der Waals surface area (Å²) in [5.74, 6) is -0.00324. The lowest BCUT2D eigenvalue weighted by atomic mass is 9.94. The standard InChI is InChI=1S/C21H17ClN2O3S2/c1-13-18(19(24-27-13)15-5-2-3-6-16(15)22)20(25)23-12-21(26,14-8-10-28-11-14)17-7-4-9-29-17/h2-11,26H,12H2,1H3,(H,23,25). The maximum Gasteiger partial charge on any atom is 0.257 e. The van der Waals surface area contributed by atoms with Gasteiger partial charge in [-0.05, 0) is 41.3 Å². The lowest BCUT2D eigenvalue weighted by Crippen LogP contribution is -2.41. The Labute approximate surface area is 180 Å². The van der Waals surface area contributed by atoms with Crippen molar-refractivity contribution in [3.63, 3.8) is 0 Å². The van der Waals surface area contributed by atoms with E-state index in [-0.39, 0.29) is 12.5 Å². The summed E-state index contributed by atoms with van der Waals surface area (Å²) in [6.07, 6.45) is 0. The minimum Gasteiger partial charge on any atom is -0.378 e. The second kappa shape index (κ2) is 8.12. The van der Waals surface area contributed by atoms with Crippen molar-refractivity contribution in [2.24, 2.45) is 0 Å². The minimum atomic E-state index is -1.32. The van der Waals surface area contributed by atoms with E-state index in [1.165, 1.54) is 22.7 Å². The first-order valence-electron chi connectivity index (χ1n) is 8.79. The number of rotatable bonds is 6. The van der Waals surface area contributed by atoms with Crippen molar-refractivity contribution in [1.29, 1.82) is 0 Å². The van der Waals surface area contributed by atoms with E-state index in [4.69, 9.17) is 16.1 Å². The summed E-state index contributed by atoms with van der Waals surface area (Å²) in [7, 11) is 0. The van der Waals surface area contributed by atoms with E-state index in [9.17, 15) is 9.90 Å². The van der Waals surface area contributed by atoms with E-state index in [0.29, 0.717) is 27.6 Å². The number of carbonyl (C=O) groups excluding carboxylic acids is 1. The molecule has 2 N–H and O–H groups in total. The Morgan fingerprint density at radius 1 is 1.24 bits per heavy atom. The molecule has 3 heterocycles. The van der Waals surface area contributed by atoms with Gasteiger partial charge < -0.3 is 14.9 Å². The molecule has 0 radical (unpaired) electrons. The zero-order valence-electron chi connectivity index (χ0n) is 15.4. The molecule has 0 aliphatic rings. The summed E-state index contributed by atoms with van der Waals surface area (Å²) >= 11 is 9.21. The van der Waals surface area contributed by atoms with Crippen molar-refractivity contribution in [2.45, 2.75) is 12.5 Å². The Morgan fingerprint density at radius 3 is 2.76 bits per heavy atom. The molecule has 1 atom stereocenters. The quantitative estimate of drug-likeness (QED) is 0.434. The van der Waals surface area contributed by atoms with Gasteiger partial charge in [-0.1, -0.05) is 41.0 Å². The number of hydrogen-bond acceptors (Lipinski definition) is 6. The van der Waals surface area contributed by atoms with Crippen molar-refractivity contribution < 1.29 is 14.4 Å². The molecule has 1 unspecified atom stereocenters. The van der Waals surface area contributed by atoms with Crippen LogP contribution in [0.2, 0.25) is 5.02 Å². The number of halogens is 1. The molecule has 4 rings (SSSR count). The zero-order chi connectivity index (χ0) is 20.4. The lowest BCUT2D eigenvalue weighted by molar-refractivity contribution is 0.0720. The summed E-state index contributed by atoms with van der Waals surface area (Å²) in [6.45, 7) is 1.68. The van der Waals surface area contributed by atoms with E-state index < -0.39 is 5.60 Å². The highest BCUT2D eigenvalue weighted by Crippen LogP contribution is 2.34. The van der Waals surface area contributed by atoms with Gasteiger partial charge in [0.2, 0.25) is 0 Å². The first kappa shape index (κ1) is 19.8. The van der Waals surface area contributed by atoms with Crippen LogP contribution in [0.25, 0.3) is 11.3 Å². The van der Waals surface area contributed by atoms with Crippen LogP contribution in [-0.2, 0) is 5.60 Å². The normalized spacial score (nSPS) is 13.2. The van der Waals surface area contributed by atoms with Crippen molar-refractivity contribution in [1.82, 2.24) is 10.5 Å². The molecule has 29 heavy (non-hydrogen) atoms. The molecular weight excluding hydrogens is 428 g/mol. The number of thiophene rings is 2. The first-order chi connectivity index (χ1) is 14.0. The Morgan fingerprint density at radius 2 is 2.07 bits per heavy atom. The van der Waals surface area contributed by atoms with Gasteiger partial charge in [0.25, 0.3) is 5.91 Å². The summed E-state index contributed by atoms with van der Waals surface area (Å²) in [5.41, 5.74) is 0.707.